The van der Waals surface area contributed by atoms with Gasteiger partial charge in [-0.1, -0.05) is 69.2 Å². The van der Waals surface area contributed by atoms with E-state index in [-0.39, 0.29) is 13.2 Å². The second-order valence-electron chi connectivity index (χ2n) is 11.4. The number of nitrogens with two attached hydrogens (primary N) is 1. The molecule has 4 atom stereocenters. The summed E-state index contributed by atoms with van der Waals surface area (Å²) in [4.78, 5) is 26.6. The van der Waals surface area contributed by atoms with Gasteiger partial charge in [-0.25, -0.2) is 18.0 Å². The molecule has 1 amide bonds. The molecular formula is C33H49N3O8S. The Morgan fingerprint density at radius 2 is 1.76 bits per heavy atom. The molecule has 1 aliphatic rings. The van der Waals surface area contributed by atoms with Gasteiger partial charge in [-0.05, 0) is 42.5 Å². The van der Waals surface area contributed by atoms with Gasteiger partial charge >= 0.3 is 12.1 Å². The SMILES string of the molecule is CCCC(CCC)S(=O)(=O)CC(NC(=O)O[C@H]1CCOC1)C(=O)O[C@H](CNCc1cccc(OC)c1)[C@@H](N)Cc1ccccc1. The zero-order chi connectivity index (χ0) is 32.7. The third-order valence-corrected chi connectivity index (χ3v) is 10.0. The summed E-state index contributed by atoms with van der Waals surface area (Å²) in [6, 6.07) is 15.0. The Labute approximate surface area is 267 Å². The normalized spacial score (nSPS) is 17.0. The predicted molar refractivity (Wildman–Crippen MR) is 173 cm³/mol. The van der Waals surface area contributed by atoms with Gasteiger partial charge < -0.3 is 35.3 Å². The van der Waals surface area contributed by atoms with E-state index in [1.165, 1.54) is 0 Å². The van der Waals surface area contributed by atoms with Crippen molar-refractivity contribution in [2.45, 2.75) is 88.5 Å². The summed E-state index contributed by atoms with van der Waals surface area (Å²) < 4.78 is 49.0. The van der Waals surface area contributed by atoms with Gasteiger partial charge in [-0.15, -0.1) is 0 Å². The maximum Gasteiger partial charge on any atom is 0.408 e. The molecule has 1 aliphatic heterocycles. The molecule has 11 nitrogen and oxygen atoms in total. The number of alkyl carbamates (subject to hydrolysis) is 1. The van der Waals surface area contributed by atoms with E-state index in [4.69, 9.17) is 24.7 Å². The first-order chi connectivity index (χ1) is 21.6. The number of benzene rings is 2. The molecule has 0 aliphatic carbocycles. The lowest BCUT2D eigenvalue weighted by Gasteiger charge is -2.28. The second-order valence-corrected chi connectivity index (χ2v) is 13.8. The van der Waals surface area contributed by atoms with E-state index in [1.54, 1.807) is 7.11 Å². The van der Waals surface area contributed by atoms with Gasteiger partial charge in [0.2, 0.25) is 0 Å². The van der Waals surface area contributed by atoms with Crippen LogP contribution < -0.4 is 21.1 Å². The lowest BCUT2D eigenvalue weighted by molar-refractivity contribution is -0.151. The van der Waals surface area contributed by atoms with Crippen LogP contribution in [0.4, 0.5) is 4.79 Å². The van der Waals surface area contributed by atoms with Crippen molar-refractivity contribution in [1.29, 1.82) is 0 Å². The van der Waals surface area contributed by atoms with E-state index in [0.29, 0.717) is 57.4 Å². The Bertz CT molecular complexity index is 1280. The maximum atomic E-state index is 13.7. The highest BCUT2D eigenvalue weighted by molar-refractivity contribution is 7.92. The quantitative estimate of drug-likeness (QED) is 0.193. The lowest BCUT2D eigenvalue weighted by atomic mass is 10.0. The highest BCUT2D eigenvalue weighted by atomic mass is 32.2. The summed E-state index contributed by atoms with van der Waals surface area (Å²) in [6.07, 6.45) is 0.986. The largest absolute Gasteiger partial charge is 0.497 e. The van der Waals surface area contributed by atoms with E-state index in [9.17, 15) is 18.0 Å². The van der Waals surface area contributed by atoms with Crippen molar-refractivity contribution in [1.82, 2.24) is 10.6 Å². The van der Waals surface area contributed by atoms with Crippen molar-refractivity contribution in [3.63, 3.8) is 0 Å². The van der Waals surface area contributed by atoms with E-state index < -0.39 is 57.2 Å². The van der Waals surface area contributed by atoms with Crippen LogP contribution in [0, 0.1) is 0 Å². The molecule has 0 radical (unpaired) electrons. The number of carbonyl (C=O) groups is 2. The Hall–Kier alpha value is -3.19. The minimum Gasteiger partial charge on any atom is -0.497 e. The van der Waals surface area contributed by atoms with Gasteiger partial charge in [0.1, 0.15) is 24.0 Å². The standard InChI is InChI=1S/C33H49N3O8S/c1-4-10-28(11-5-2)45(39,40)23-30(36-33(38)43-27-16-17-42-22-27)32(37)44-31(29(34)19-24-12-7-6-8-13-24)21-35-20-25-14-9-15-26(18-25)41-3/h6-9,12-15,18,27-31,35H,4-5,10-11,16-17,19-23,34H2,1-3H3,(H,36,38)/t27-,29-,30?,31+/m0/s1. The summed E-state index contributed by atoms with van der Waals surface area (Å²) in [7, 11) is -2.19. The number of ether oxygens (including phenoxy) is 4. The van der Waals surface area contributed by atoms with Crippen molar-refractivity contribution in [2.75, 3.05) is 32.6 Å². The molecule has 4 N–H and O–H groups in total. The summed E-state index contributed by atoms with van der Waals surface area (Å²) in [5.74, 6) is -0.777. The summed E-state index contributed by atoms with van der Waals surface area (Å²) >= 11 is 0. The van der Waals surface area contributed by atoms with E-state index in [2.05, 4.69) is 10.6 Å². The van der Waals surface area contributed by atoms with E-state index in [0.717, 1.165) is 11.1 Å². The smallest absolute Gasteiger partial charge is 0.408 e. The number of amides is 1. The summed E-state index contributed by atoms with van der Waals surface area (Å²) in [6.45, 7) is 5.17. The summed E-state index contributed by atoms with van der Waals surface area (Å²) in [5, 5.41) is 5.14. The van der Waals surface area contributed by atoms with Gasteiger partial charge in [-0.3, -0.25) is 0 Å². The molecule has 45 heavy (non-hydrogen) atoms. The molecule has 1 fully saturated rings. The van der Waals surface area contributed by atoms with Gasteiger partial charge in [-0.2, -0.15) is 0 Å². The van der Waals surface area contributed by atoms with Crippen molar-refractivity contribution in [3.8, 4) is 5.75 Å². The number of nitrogens with one attached hydrogen (secondary N) is 2. The first-order valence-electron chi connectivity index (χ1n) is 15.7. The number of hydrogen-bond acceptors (Lipinski definition) is 10. The molecule has 1 saturated heterocycles. The Balaban J connectivity index is 1.80. The molecule has 12 heteroatoms. The Kier molecular flexibility index (Phi) is 15.1. The summed E-state index contributed by atoms with van der Waals surface area (Å²) in [5.41, 5.74) is 8.52. The number of sulfone groups is 1. The molecule has 1 heterocycles. The molecular weight excluding hydrogens is 598 g/mol. The van der Waals surface area contributed by atoms with Crippen LogP contribution in [-0.2, 0) is 41.8 Å². The number of esters is 1. The van der Waals surface area contributed by atoms with Crippen LogP contribution in [0.5, 0.6) is 5.75 Å². The van der Waals surface area contributed by atoms with Crippen LogP contribution >= 0.6 is 0 Å². The molecule has 1 unspecified atom stereocenters. The van der Waals surface area contributed by atoms with E-state index >= 15 is 0 Å². The molecule has 2 aromatic carbocycles. The highest BCUT2D eigenvalue weighted by Crippen LogP contribution is 2.19. The zero-order valence-corrected chi connectivity index (χ0v) is 27.4. The van der Waals surface area contributed by atoms with Gasteiger partial charge in [0, 0.05) is 25.6 Å². The first-order valence-corrected chi connectivity index (χ1v) is 17.5. The Morgan fingerprint density at radius 1 is 1.04 bits per heavy atom. The van der Waals surface area contributed by atoms with Crippen molar-refractivity contribution in [2.24, 2.45) is 5.73 Å². The average Bonchev–Trinajstić information content (AvgIpc) is 3.53. The maximum absolute atomic E-state index is 13.7. The zero-order valence-electron chi connectivity index (χ0n) is 26.6. The van der Waals surface area contributed by atoms with Crippen LogP contribution in [0.25, 0.3) is 0 Å². The van der Waals surface area contributed by atoms with Crippen molar-refractivity contribution < 1.29 is 37.0 Å². The third-order valence-electron chi connectivity index (χ3n) is 7.73. The van der Waals surface area contributed by atoms with Crippen LogP contribution in [-0.4, -0.2) is 82.6 Å². The van der Waals surface area contributed by atoms with Crippen LogP contribution in [0.2, 0.25) is 0 Å². The van der Waals surface area contributed by atoms with Gasteiger partial charge in [0.25, 0.3) is 0 Å². The van der Waals surface area contributed by atoms with Crippen molar-refractivity contribution in [3.05, 3.63) is 65.7 Å². The molecule has 250 valence electrons. The average molecular weight is 648 g/mol. The van der Waals surface area contributed by atoms with E-state index in [1.807, 2.05) is 68.4 Å². The number of hydrogen-bond donors (Lipinski definition) is 3. The molecule has 0 spiro atoms. The molecule has 0 bridgehead atoms. The van der Waals surface area contributed by atoms with Gasteiger partial charge in [0.15, 0.2) is 9.84 Å². The molecule has 2 aromatic rings. The predicted octanol–water partition coefficient (Wildman–Crippen LogP) is 3.53. The van der Waals surface area contributed by atoms with Crippen molar-refractivity contribution >= 4 is 21.9 Å². The molecule has 0 aromatic heterocycles. The first kappa shape index (κ1) is 36.3. The fraction of sp³-hybridized carbons (Fsp3) is 0.576. The van der Waals surface area contributed by atoms with Gasteiger partial charge in [0.05, 0.1) is 31.3 Å². The number of rotatable bonds is 19. The fourth-order valence-corrected chi connectivity index (χ4v) is 7.43. The Morgan fingerprint density at radius 3 is 2.40 bits per heavy atom. The third kappa shape index (κ3) is 12.3. The fourth-order valence-electron chi connectivity index (χ4n) is 5.29. The topological polar surface area (TPSA) is 155 Å². The highest BCUT2D eigenvalue weighted by Gasteiger charge is 2.36. The monoisotopic (exact) mass is 647 g/mol. The van der Waals surface area contributed by atoms with Crippen LogP contribution in [0.3, 0.4) is 0 Å². The minimum atomic E-state index is -3.78. The molecule has 3 rings (SSSR count). The van der Waals surface area contributed by atoms with Crippen LogP contribution in [0.1, 0.15) is 57.1 Å². The minimum absolute atomic E-state index is 0.189. The molecule has 0 saturated carbocycles. The number of methoxy groups -OCH3 is 1. The van der Waals surface area contributed by atoms with Crippen LogP contribution in [0.15, 0.2) is 54.6 Å². The second kappa shape index (κ2) is 18.7. The lowest BCUT2D eigenvalue weighted by Crippen LogP contribution is -2.52. The number of carbonyl (C=O) groups excluding carboxylic acids is 2.